The Kier molecular flexibility index (Phi) is 6.81. The van der Waals surface area contributed by atoms with E-state index in [2.05, 4.69) is 21.0 Å². The van der Waals surface area contributed by atoms with Crippen molar-refractivity contribution in [2.24, 2.45) is 11.3 Å². The van der Waals surface area contributed by atoms with Crippen molar-refractivity contribution >= 4 is 11.8 Å². The monoisotopic (exact) mass is 493 g/mol. The lowest BCUT2D eigenvalue weighted by molar-refractivity contribution is -0.137. The number of benzene rings is 1. The molecule has 0 N–H and O–H groups in total. The van der Waals surface area contributed by atoms with E-state index in [0.717, 1.165) is 82.2 Å². The number of carbonyl (C=O) groups excluding carboxylic acids is 2. The Bertz CT molecular complexity index is 1110. The first-order valence-corrected chi connectivity index (χ1v) is 13.3. The number of likely N-dealkylation sites (tertiary alicyclic amines) is 1. The van der Waals surface area contributed by atoms with Gasteiger partial charge in [-0.1, -0.05) is 18.2 Å². The van der Waals surface area contributed by atoms with Crippen molar-refractivity contribution in [1.29, 1.82) is 0 Å². The van der Waals surface area contributed by atoms with Gasteiger partial charge < -0.3 is 14.5 Å². The second-order valence-corrected chi connectivity index (χ2v) is 10.9. The summed E-state index contributed by atoms with van der Waals surface area (Å²) in [6.45, 7) is 11.5. The topological polar surface area (TPSA) is 70.9 Å². The van der Waals surface area contributed by atoms with Crippen molar-refractivity contribution in [3.63, 3.8) is 0 Å². The number of rotatable bonds is 6. The van der Waals surface area contributed by atoms with E-state index in [1.54, 1.807) is 7.11 Å². The Morgan fingerprint density at radius 3 is 2.39 bits per heavy atom. The highest BCUT2D eigenvalue weighted by Gasteiger charge is 2.59. The van der Waals surface area contributed by atoms with E-state index in [-0.39, 0.29) is 23.3 Å². The number of nitrogens with zero attached hydrogens (tertiary/aromatic N) is 5. The molecule has 1 aliphatic carbocycles. The number of ether oxygens (including phenoxy) is 1. The minimum Gasteiger partial charge on any atom is -0.496 e. The van der Waals surface area contributed by atoms with Crippen molar-refractivity contribution in [3.05, 3.63) is 47.3 Å². The fourth-order valence-electron chi connectivity index (χ4n) is 6.25. The van der Waals surface area contributed by atoms with Crippen LogP contribution in [0.25, 0.3) is 0 Å². The van der Waals surface area contributed by atoms with E-state index in [0.29, 0.717) is 5.91 Å². The van der Waals surface area contributed by atoms with Gasteiger partial charge in [0.05, 0.1) is 12.8 Å². The molecule has 1 aromatic carbocycles. The van der Waals surface area contributed by atoms with Gasteiger partial charge in [0.25, 0.3) is 0 Å². The van der Waals surface area contributed by atoms with Crippen LogP contribution in [0.5, 0.6) is 5.75 Å². The van der Waals surface area contributed by atoms with Crippen LogP contribution in [0.3, 0.4) is 0 Å². The van der Waals surface area contributed by atoms with E-state index in [9.17, 15) is 9.59 Å². The van der Waals surface area contributed by atoms with Gasteiger partial charge in [-0.25, -0.2) is 0 Å². The zero-order valence-corrected chi connectivity index (χ0v) is 22.1. The summed E-state index contributed by atoms with van der Waals surface area (Å²) in [6, 6.07) is 9.86. The molecular formula is C28H39N5O3. The van der Waals surface area contributed by atoms with Gasteiger partial charge in [-0.15, -0.1) is 0 Å². The van der Waals surface area contributed by atoms with Gasteiger partial charge in [-0.05, 0) is 57.6 Å². The van der Waals surface area contributed by atoms with Crippen molar-refractivity contribution < 1.29 is 14.3 Å². The van der Waals surface area contributed by atoms with Crippen LogP contribution in [-0.4, -0.2) is 82.7 Å². The molecule has 0 radical (unpaired) electrons. The predicted molar refractivity (Wildman–Crippen MR) is 138 cm³/mol. The molecule has 36 heavy (non-hydrogen) atoms. The zero-order valence-electron chi connectivity index (χ0n) is 22.1. The first kappa shape index (κ1) is 24.8. The third kappa shape index (κ3) is 4.75. The highest BCUT2D eigenvalue weighted by molar-refractivity contribution is 5.83. The highest BCUT2D eigenvalue weighted by Crippen LogP contribution is 2.60. The number of methoxy groups -OCH3 is 1. The molecule has 2 aromatic rings. The van der Waals surface area contributed by atoms with E-state index in [4.69, 9.17) is 4.74 Å². The molecule has 8 heteroatoms. The van der Waals surface area contributed by atoms with Gasteiger partial charge in [-0.2, -0.15) is 5.10 Å². The first-order valence-electron chi connectivity index (χ1n) is 13.3. The van der Waals surface area contributed by atoms with E-state index in [1.807, 2.05) is 54.6 Å². The van der Waals surface area contributed by atoms with Crippen LogP contribution in [0.4, 0.5) is 0 Å². The maximum atomic E-state index is 13.3. The van der Waals surface area contributed by atoms with Crippen molar-refractivity contribution in [2.45, 2.75) is 52.6 Å². The summed E-state index contributed by atoms with van der Waals surface area (Å²) in [5.41, 5.74) is 3.24. The summed E-state index contributed by atoms with van der Waals surface area (Å²) in [6.07, 6.45) is 2.82. The van der Waals surface area contributed by atoms with Crippen LogP contribution in [0.2, 0.25) is 0 Å². The lowest BCUT2D eigenvalue weighted by Crippen LogP contribution is -2.49. The second-order valence-electron chi connectivity index (χ2n) is 10.9. The molecule has 2 amide bonds. The Hall–Kier alpha value is -2.87. The molecule has 3 fully saturated rings. The number of piperazine rings is 1. The Morgan fingerprint density at radius 2 is 1.75 bits per heavy atom. The Morgan fingerprint density at radius 1 is 1.06 bits per heavy atom. The van der Waals surface area contributed by atoms with Crippen molar-refractivity contribution in [2.75, 3.05) is 46.4 Å². The largest absolute Gasteiger partial charge is 0.496 e. The summed E-state index contributed by atoms with van der Waals surface area (Å²) < 4.78 is 7.33. The molecular weight excluding hydrogens is 454 g/mol. The molecule has 2 atom stereocenters. The summed E-state index contributed by atoms with van der Waals surface area (Å²) >= 11 is 0. The number of hydrogen-bond acceptors (Lipinski definition) is 5. The van der Waals surface area contributed by atoms with E-state index < -0.39 is 0 Å². The smallest absolute Gasteiger partial charge is 0.247 e. The van der Waals surface area contributed by atoms with Gasteiger partial charge in [-0.3, -0.25) is 19.2 Å². The third-order valence-electron chi connectivity index (χ3n) is 8.60. The minimum absolute atomic E-state index is 0.101. The average molecular weight is 494 g/mol. The summed E-state index contributed by atoms with van der Waals surface area (Å²) in [5, 5.41) is 4.50. The van der Waals surface area contributed by atoms with E-state index in [1.165, 1.54) is 5.56 Å². The zero-order chi connectivity index (χ0) is 25.4. The number of piperidine rings is 1. The van der Waals surface area contributed by atoms with Crippen LogP contribution >= 0.6 is 0 Å². The quantitative estimate of drug-likeness (QED) is 0.619. The number of hydrogen-bond donors (Lipinski definition) is 0. The van der Waals surface area contributed by atoms with Gasteiger partial charge in [0.2, 0.25) is 11.8 Å². The molecule has 0 bridgehead atoms. The standard InChI is InChI=1S/C28H39N5O3/c1-20-17-21(2)33(29-20)22(3)26(34)31-11-9-28(10-12-31)18-24(28)27(35)32-15-13-30(14-16-32)19-23-7-5-6-8-25(23)36-4/h5-8,17,22,24H,9-16,18-19H2,1-4H3/t22-,24-/m0/s1. The number of aromatic nitrogens is 2. The van der Waals surface area contributed by atoms with Crippen LogP contribution < -0.4 is 4.74 Å². The Balaban J connectivity index is 1.10. The molecule has 1 saturated carbocycles. The lowest BCUT2D eigenvalue weighted by Gasteiger charge is -2.37. The molecule has 2 saturated heterocycles. The highest BCUT2D eigenvalue weighted by atomic mass is 16.5. The van der Waals surface area contributed by atoms with Crippen LogP contribution in [0.1, 0.15) is 49.2 Å². The van der Waals surface area contributed by atoms with Gasteiger partial charge >= 0.3 is 0 Å². The minimum atomic E-state index is -0.295. The molecule has 1 aromatic heterocycles. The maximum absolute atomic E-state index is 13.3. The van der Waals surface area contributed by atoms with Gasteiger partial charge in [0, 0.05) is 63.0 Å². The Labute approximate surface area is 214 Å². The van der Waals surface area contributed by atoms with Gasteiger partial charge in [0.1, 0.15) is 11.8 Å². The number of para-hydroxylation sites is 1. The molecule has 3 heterocycles. The lowest BCUT2D eigenvalue weighted by atomic mass is 9.90. The third-order valence-corrected chi connectivity index (χ3v) is 8.60. The normalized spacial score (nSPS) is 22.5. The predicted octanol–water partition coefficient (Wildman–Crippen LogP) is 3.04. The molecule has 3 aliphatic rings. The first-order chi connectivity index (χ1) is 17.3. The summed E-state index contributed by atoms with van der Waals surface area (Å²) in [7, 11) is 1.71. The number of carbonyl (C=O) groups is 2. The molecule has 0 unspecified atom stereocenters. The molecule has 8 nitrogen and oxygen atoms in total. The van der Waals surface area contributed by atoms with Crippen LogP contribution in [-0.2, 0) is 16.1 Å². The average Bonchev–Trinajstić information content (AvgIpc) is 3.48. The van der Waals surface area contributed by atoms with E-state index >= 15 is 0 Å². The summed E-state index contributed by atoms with van der Waals surface area (Å²) in [5.74, 6) is 1.50. The number of amides is 2. The molecule has 2 aliphatic heterocycles. The fraction of sp³-hybridized carbons (Fsp3) is 0.607. The van der Waals surface area contributed by atoms with Crippen molar-refractivity contribution in [1.82, 2.24) is 24.5 Å². The van der Waals surface area contributed by atoms with Crippen LogP contribution in [0.15, 0.2) is 30.3 Å². The fourth-order valence-corrected chi connectivity index (χ4v) is 6.25. The SMILES string of the molecule is COc1ccccc1CN1CCN(C(=O)[C@@H]2CC23CCN(C(=O)[C@H](C)n2nc(C)cc2C)CC3)CC1. The molecule has 1 spiro atoms. The maximum Gasteiger partial charge on any atom is 0.247 e. The van der Waals surface area contributed by atoms with Crippen molar-refractivity contribution in [3.8, 4) is 5.75 Å². The second kappa shape index (κ2) is 9.88. The number of aryl methyl sites for hydroxylation is 2. The summed E-state index contributed by atoms with van der Waals surface area (Å²) in [4.78, 5) is 32.9. The van der Waals surface area contributed by atoms with Crippen LogP contribution in [0, 0.1) is 25.2 Å². The molecule has 5 rings (SSSR count). The van der Waals surface area contributed by atoms with Gasteiger partial charge in [0.15, 0.2) is 0 Å². The molecule has 194 valence electrons.